The molecule has 1 heterocycles. The van der Waals surface area contributed by atoms with Gasteiger partial charge < -0.3 is 9.88 Å². The Morgan fingerprint density at radius 1 is 0.857 bits per heavy atom. The summed E-state index contributed by atoms with van der Waals surface area (Å²) in [5.41, 5.74) is 4.31. The zero-order valence-electron chi connectivity index (χ0n) is 16.3. The highest BCUT2D eigenvalue weighted by molar-refractivity contribution is 7.89. The van der Waals surface area contributed by atoms with Crippen LogP contribution in [0.3, 0.4) is 0 Å². The van der Waals surface area contributed by atoms with E-state index in [1.165, 1.54) is 26.2 Å². The molecule has 0 bridgehead atoms. The van der Waals surface area contributed by atoms with Gasteiger partial charge in [-0.2, -0.15) is 0 Å². The number of anilines is 1. The van der Waals surface area contributed by atoms with Gasteiger partial charge in [-0.1, -0.05) is 0 Å². The first kappa shape index (κ1) is 19.9. The molecule has 146 valence electrons. The standard InChI is InChI=1S/C21H23N3O3S/c1-15-5-6-16(2)24(15)19-11-7-17(8-12-19)21(25)22-18-9-13-20(14-10-18)28(26,27)23(3)4/h5-14H,1-4H3,(H,22,25). The van der Waals surface area contributed by atoms with Crippen LogP contribution < -0.4 is 5.32 Å². The Morgan fingerprint density at radius 3 is 1.89 bits per heavy atom. The molecule has 28 heavy (non-hydrogen) atoms. The minimum Gasteiger partial charge on any atom is -0.322 e. The first-order valence-electron chi connectivity index (χ1n) is 8.79. The molecule has 0 saturated heterocycles. The number of benzene rings is 2. The smallest absolute Gasteiger partial charge is 0.255 e. The molecule has 0 saturated carbocycles. The Bertz CT molecular complexity index is 1080. The summed E-state index contributed by atoms with van der Waals surface area (Å²) in [5.74, 6) is -0.254. The quantitative estimate of drug-likeness (QED) is 0.715. The van der Waals surface area contributed by atoms with E-state index in [9.17, 15) is 13.2 Å². The van der Waals surface area contributed by atoms with Crippen LogP contribution >= 0.6 is 0 Å². The van der Waals surface area contributed by atoms with Gasteiger partial charge in [-0.3, -0.25) is 4.79 Å². The van der Waals surface area contributed by atoms with Crippen molar-refractivity contribution in [2.75, 3.05) is 19.4 Å². The van der Waals surface area contributed by atoms with Gasteiger partial charge in [0.05, 0.1) is 4.90 Å². The lowest BCUT2D eigenvalue weighted by Crippen LogP contribution is -2.22. The Balaban J connectivity index is 1.75. The summed E-state index contributed by atoms with van der Waals surface area (Å²) >= 11 is 0. The van der Waals surface area contributed by atoms with Crippen molar-refractivity contribution in [2.45, 2.75) is 18.7 Å². The van der Waals surface area contributed by atoms with Crippen LogP contribution in [0.1, 0.15) is 21.7 Å². The fourth-order valence-corrected chi connectivity index (χ4v) is 3.86. The maximum Gasteiger partial charge on any atom is 0.255 e. The van der Waals surface area contributed by atoms with Crippen molar-refractivity contribution in [3.8, 4) is 5.69 Å². The predicted octanol–water partition coefficient (Wildman–Crippen LogP) is 3.60. The summed E-state index contributed by atoms with van der Waals surface area (Å²) in [4.78, 5) is 12.7. The van der Waals surface area contributed by atoms with E-state index in [0.717, 1.165) is 21.4 Å². The maximum absolute atomic E-state index is 12.5. The highest BCUT2D eigenvalue weighted by Crippen LogP contribution is 2.19. The lowest BCUT2D eigenvalue weighted by atomic mass is 10.2. The van der Waals surface area contributed by atoms with Crippen LogP contribution in [0, 0.1) is 13.8 Å². The van der Waals surface area contributed by atoms with Gasteiger partial charge in [-0.15, -0.1) is 0 Å². The second kappa shape index (κ2) is 7.61. The molecule has 0 atom stereocenters. The molecule has 2 aromatic carbocycles. The van der Waals surface area contributed by atoms with Gasteiger partial charge in [0.15, 0.2) is 0 Å². The molecule has 0 aliphatic rings. The highest BCUT2D eigenvalue weighted by Gasteiger charge is 2.17. The number of rotatable bonds is 5. The lowest BCUT2D eigenvalue weighted by Gasteiger charge is -2.12. The van der Waals surface area contributed by atoms with Crippen molar-refractivity contribution in [1.82, 2.24) is 8.87 Å². The number of amides is 1. The summed E-state index contributed by atoms with van der Waals surface area (Å²) in [6.07, 6.45) is 0. The van der Waals surface area contributed by atoms with E-state index in [0.29, 0.717) is 11.3 Å². The molecule has 0 fully saturated rings. The Labute approximate surface area is 165 Å². The molecular formula is C21H23N3O3S. The van der Waals surface area contributed by atoms with E-state index in [-0.39, 0.29) is 10.8 Å². The predicted molar refractivity (Wildman–Crippen MR) is 111 cm³/mol. The third kappa shape index (κ3) is 3.85. The number of aromatic nitrogens is 1. The molecule has 3 aromatic rings. The van der Waals surface area contributed by atoms with Crippen LogP contribution in [-0.4, -0.2) is 37.3 Å². The molecule has 1 aromatic heterocycles. The summed E-state index contributed by atoms with van der Waals surface area (Å²) in [7, 11) is -0.534. The number of nitrogens with one attached hydrogen (secondary N) is 1. The first-order valence-corrected chi connectivity index (χ1v) is 10.2. The molecule has 0 unspecified atom stereocenters. The molecule has 6 nitrogen and oxygen atoms in total. The lowest BCUT2D eigenvalue weighted by molar-refractivity contribution is 0.102. The largest absolute Gasteiger partial charge is 0.322 e. The van der Waals surface area contributed by atoms with Gasteiger partial charge in [0.1, 0.15) is 0 Å². The van der Waals surface area contributed by atoms with Gasteiger partial charge in [0.25, 0.3) is 5.91 Å². The zero-order valence-corrected chi connectivity index (χ0v) is 17.1. The molecule has 0 radical (unpaired) electrons. The van der Waals surface area contributed by atoms with Gasteiger partial charge in [0, 0.05) is 42.4 Å². The fraction of sp³-hybridized carbons (Fsp3) is 0.190. The normalized spacial score (nSPS) is 11.6. The highest BCUT2D eigenvalue weighted by atomic mass is 32.2. The number of hydrogen-bond acceptors (Lipinski definition) is 3. The van der Waals surface area contributed by atoms with Gasteiger partial charge in [-0.05, 0) is 74.5 Å². The third-order valence-electron chi connectivity index (χ3n) is 4.55. The van der Waals surface area contributed by atoms with E-state index in [2.05, 4.69) is 22.0 Å². The van der Waals surface area contributed by atoms with Crippen LogP contribution in [0.4, 0.5) is 5.69 Å². The van der Waals surface area contributed by atoms with Crippen molar-refractivity contribution in [1.29, 1.82) is 0 Å². The van der Waals surface area contributed by atoms with Crippen molar-refractivity contribution in [2.24, 2.45) is 0 Å². The molecule has 7 heteroatoms. The number of nitrogens with zero attached hydrogens (tertiary/aromatic N) is 2. The van der Waals surface area contributed by atoms with E-state index >= 15 is 0 Å². The van der Waals surface area contributed by atoms with Crippen LogP contribution in [-0.2, 0) is 10.0 Å². The molecule has 1 amide bonds. The monoisotopic (exact) mass is 397 g/mol. The second-order valence-electron chi connectivity index (χ2n) is 6.76. The average Bonchev–Trinajstić information content (AvgIpc) is 3.00. The molecule has 1 N–H and O–H groups in total. The van der Waals surface area contributed by atoms with Crippen molar-refractivity contribution < 1.29 is 13.2 Å². The third-order valence-corrected chi connectivity index (χ3v) is 6.38. The van der Waals surface area contributed by atoms with Crippen molar-refractivity contribution >= 4 is 21.6 Å². The summed E-state index contributed by atoms with van der Waals surface area (Å²) in [5, 5.41) is 2.79. The van der Waals surface area contributed by atoms with Crippen molar-refractivity contribution in [3.05, 3.63) is 77.6 Å². The van der Waals surface area contributed by atoms with Gasteiger partial charge in [-0.25, -0.2) is 12.7 Å². The Kier molecular flexibility index (Phi) is 5.40. The zero-order chi connectivity index (χ0) is 20.5. The first-order chi connectivity index (χ1) is 13.2. The average molecular weight is 398 g/mol. The summed E-state index contributed by atoms with van der Waals surface area (Å²) in [6, 6.07) is 17.6. The minimum absolute atomic E-state index is 0.178. The summed E-state index contributed by atoms with van der Waals surface area (Å²) < 4.78 is 27.5. The summed E-state index contributed by atoms with van der Waals surface area (Å²) in [6.45, 7) is 4.07. The molecule has 0 aliphatic carbocycles. The number of carbonyl (C=O) groups excluding carboxylic acids is 1. The fourth-order valence-electron chi connectivity index (χ4n) is 2.96. The van der Waals surface area contributed by atoms with Crippen LogP contribution in [0.15, 0.2) is 65.6 Å². The van der Waals surface area contributed by atoms with E-state index < -0.39 is 10.0 Å². The number of hydrogen-bond donors (Lipinski definition) is 1. The number of sulfonamides is 1. The van der Waals surface area contributed by atoms with E-state index in [1.807, 2.05) is 26.0 Å². The molecule has 0 aliphatic heterocycles. The Morgan fingerprint density at radius 2 is 1.39 bits per heavy atom. The van der Waals surface area contributed by atoms with Crippen LogP contribution in [0.5, 0.6) is 0 Å². The minimum atomic E-state index is -3.49. The Hall–Kier alpha value is -2.90. The number of aryl methyl sites for hydroxylation is 2. The van der Waals surface area contributed by atoms with Crippen LogP contribution in [0.2, 0.25) is 0 Å². The second-order valence-corrected chi connectivity index (χ2v) is 8.92. The maximum atomic E-state index is 12.5. The van der Waals surface area contributed by atoms with E-state index in [4.69, 9.17) is 0 Å². The SMILES string of the molecule is Cc1ccc(C)n1-c1ccc(C(=O)Nc2ccc(S(=O)(=O)N(C)C)cc2)cc1. The molecule has 0 spiro atoms. The molecular weight excluding hydrogens is 374 g/mol. The van der Waals surface area contributed by atoms with Crippen LogP contribution in [0.25, 0.3) is 5.69 Å². The topological polar surface area (TPSA) is 71.4 Å². The number of carbonyl (C=O) groups is 1. The van der Waals surface area contributed by atoms with Crippen molar-refractivity contribution in [3.63, 3.8) is 0 Å². The van der Waals surface area contributed by atoms with Gasteiger partial charge in [0.2, 0.25) is 10.0 Å². The van der Waals surface area contributed by atoms with Gasteiger partial charge >= 0.3 is 0 Å². The molecule has 3 rings (SSSR count). The van der Waals surface area contributed by atoms with E-state index in [1.54, 1.807) is 24.3 Å².